The van der Waals surface area contributed by atoms with E-state index in [1.165, 1.54) is 31.2 Å². The van der Waals surface area contributed by atoms with E-state index in [4.69, 9.17) is 22.0 Å². The largest absolute Gasteiger partial charge is 0.445 e. The lowest BCUT2D eigenvalue weighted by atomic mass is 9.82. The summed E-state index contributed by atoms with van der Waals surface area (Å²) in [5.74, 6) is 0. The number of rotatable bonds is 2. The van der Waals surface area contributed by atoms with Crippen molar-refractivity contribution in [2.45, 2.75) is 25.5 Å². The van der Waals surface area contributed by atoms with Crippen molar-refractivity contribution >= 4 is 55.1 Å². The fourth-order valence-corrected chi connectivity index (χ4v) is 6.46. The zero-order valence-corrected chi connectivity index (χ0v) is 27.2. The van der Waals surface area contributed by atoms with Gasteiger partial charge in [0.25, 0.3) is 0 Å². The molecule has 0 aliphatic heterocycles. The molecule has 55 heavy (non-hydrogen) atoms. The molecule has 7 rings (SSSR count). The first-order chi connectivity index (χ1) is 25.9. The van der Waals surface area contributed by atoms with Crippen LogP contribution in [0.15, 0.2) is 69.5 Å². The second kappa shape index (κ2) is 12.4. The summed E-state index contributed by atoms with van der Waals surface area (Å²) in [6.45, 7) is 16.1. The predicted molar refractivity (Wildman–Crippen MR) is 178 cm³/mol. The molecular weight excluding hydrogens is 743 g/mol. The van der Waals surface area contributed by atoms with Crippen LogP contribution in [0.5, 0.6) is 0 Å². The van der Waals surface area contributed by atoms with Crippen LogP contribution in [-0.2, 0) is 18.5 Å². The Balaban J connectivity index is 1.84. The first-order valence-electron chi connectivity index (χ1n) is 15.3. The summed E-state index contributed by atoms with van der Waals surface area (Å²) in [4.78, 5) is 14.5. The van der Waals surface area contributed by atoms with Gasteiger partial charge >= 0.3 is 29.9 Å². The Morgan fingerprint density at radius 2 is 1.05 bits per heavy atom. The Morgan fingerprint density at radius 1 is 0.618 bits per heavy atom. The van der Waals surface area contributed by atoms with Crippen molar-refractivity contribution in [3.63, 3.8) is 0 Å². The van der Waals surface area contributed by atoms with E-state index in [1.54, 1.807) is 12.1 Å². The number of fused-ring (bicyclic) bond motifs is 6. The van der Waals surface area contributed by atoms with Crippen molar-refractivity contribution < 1.29 is 48.3 Å². The van der Waals surface area contributed by atoms with Gasteiger partial charge in [-0.2, -0.15) is 39.5 Å². The van der Waals surface area contributed by atoms with Gasteiger partial charge in [-0.25, -0.2) is 30.2 Å². The van der Waals surface area contributed by atoms with E-state index in [0.29, 0.717) is 12.1 Å². The number of nitriles is 2. The van der Waals surface area contributed by atoms with Gasteiger partial charge in [0.05, 0.1) is 42.0 Å². The number of aryl methyl sites for hydroxylation is 1. The lowest BCUT2D eigenvalue weighted by molar-refractivity contribution is -0.143. The standard InChI is InChI=1S/C38H13F9N6O2/c1-16-12-17(36(39,40)41)4-6-19(16)28-21-8-10-25-33(55-35(53-25)27(15-49)51-3)31(21)29(20-7-5-18(37(42,43)44)13-23(20)38(45,46)47)22-9-11-24-32(30(22)28)54-34(52-24)26(14-48)50-2/h4-13H,1H3/b34-26-,35-27+. The maximum absolute atomic E-state index is 14.9. The van der Waals surface area contributed by atoms with E-state index in [9.17, 15) is 50.0 Å². The van der Waals surface area contributed by atoms with E-state index in [-0.39, 0.29) is 66.5 Å². The Bertz CT molecular complexity index is 3090. The molecule has 17 heteroatoms. The molecule has 0 spiro atoms. The molecule has 0 saturated carbocycles. The summed E-state index contributed by atoms with van der Waals surface area (Å²) >= 11 is 0. The molecule has 7 aromatic rings. The Labute approximate surface area is 300 Å². The molecule has 2 aromatic heterocycles. The third kappa shape index (κ3) is 5.79. The number of benzene rings is 5. The molecule has 0 aliphatic carbocycles. The normalized spacial score (nSPS) is 13.4. The average molecular weight is 757 g/mol. The fourth-order valence-electron chi connectivity index (χ4n) is 6.46. The SMILES string of the molecule is [C-]#[N+]/C(C#N)=c1/nc2ccc3c(-c4ccc(C(F)(F)F)cc4C(F)(F)F)c4c(ccc5n/c(=C(/C#N)[N+]#[C-])oc54)c(-c4ccc(C(F)(F)F)cc4C)c3c2o1. The summed E-state index contributed by atoms with van der Waals surface area (Å²) in [5, 5.41) is 18.6. The van der Waals surface area contributed by atoms with Gasteiger partial charge in [-0.05, 0) is 70.8 Å². The lowest BCUT2D eigenvalue weighted by Crippen LogP contribution is -2.12. The number of hydrogen-bond acceptors (Lipinski definition) is 6. The van der Waals surface area contributed by atoms with E-state index < -0.39 is 68.8 Å². The smallest absolute Gasteiger partial charge is 0.417 e. The molecule has 0 bridgehead atoms. The molecule has 0 unspecified atom stereocenters. The molecule has 0 radical (unpaired) electrons. The van der Waals surface area contributed by atoms with Crippen LogP contribution in [0.4, 0.5) is 39.5 Å². The number of oxazole rings is 2. The first-order valence-corrected chi connectivity index (χ1v) is 15.3. The van der Waals surface area contributed by atoms with Crippen molar-refractivity contribution in [1.29, 1.82) is 10.5 Å². The Morgan fingerprint density at radius 3 is 1.45 bits per heavy atom. The molecule has 270 valence electrons. The van der Waals surface area contributed by atoms with Crippen LogP contribution < -0.4 is 11.1 Å². The van der Waals surface area contributed by atoms with E-state index in [1.807, 2.05) is 0 Å². The fraction of sp³-hybridized carbons (Fsp3) is 0.105. The van der Waals surface area contributed by atoms with E-state index in [0.717, 1.165) is 18.2 Å². The highest BCUT2D eigenvalue weighted by molar-refractivity contribution is 6.30. The Hall–Kier alpha value is -7.37. The molecular formula is C38H13F9N6O2. The molecule has 0 N–H and O–H groups in total. The number of halogens is 9. The van der Waals surface area contributed by atoms with E-state index >= 15 is 0 Å². The summed E-state index contributed by atoms with van der Waals surface area (Å²) < 4.78 is 140. The molecule has 0 atom stereocenters. The van der Waals surface area contributed by atoms with Gasteiger partial charge in [0.15, 0.2) is 11.2 Å². The highest BCUT2D eigenvalue weighted by Crippen LogP contribution is 2.51. The topological polar surface area (TPSA) is 108 Å². The third-order valence-corrected chi connectivity index (χ3v) is 8.74. The molecule has 2 heterocycles. The molecule has 0 fully saturated rings. The molecule has 0 saturated heterocycles. The number of aromatic nitrogens is 2. The zero-order valence-electron chi connectivity index (χ0n) is 27.2. The van der Waals surface area contributed by atoms with Gasteiger partial charge in [-0.15, -0.1) is 0 Å². The maximum atomic E-state index is 14.9. The van der Waals surface area contributed by atoms with Crippen molar-refractivity contribution in [3.8, 4) is 34.4 Å². The van der Waals surface area contributed by atoms with Crippen molar-refractivity contribution in [1.82, 2.24) is 9.97 Å². The summed E-state index contributed by atoms with van der Waals surface area (Å²) in [5.41, 5.74) is -8.38. The number of hydrogen-bond donors (Lipinski definition) is 0. The van der Waals surface area contributed by atoms with Gasteiger partial charge in [0, 0.05) is 21.9 Å². The van der Waals surface area contributed by atoms with Gasteiger partial charge in [0.1, 0.15) is 11.0 Å². The van der Waals surface area contributed by atoms with Crippen LogP contribution in [-0.4, -0.2) is 9.97 Å². The van der Waals surface area contributed by atoms with Gasteiger partial charge < -0.3 is 8.83 Å². The second-order valence-electron chi connectivity index (χ2n) is 11.9. The van der Waals surface area contributed by atoms with Gasteiger partial charge in [0.2, 0.25) is 11.1 Å². The quantitative estimate of drug-likeness (QED) is 0.0988. The minimum Gasteiger partial charge on any atom is -0.445 e. The van der Waals surface area contributed by atoms with Gasteiger partial charge in [-0.1, -0.05) is 24.3 Å². The van der Waals surface area contributed by atoms with Crippen LogP contribution in [0.3, 0.4) is 0 Å². The van der Waals surface area contributed by atoms with Crippen molar-refractivity contribution in [2.75, 3.05) is 0 Å². The number of alkyl halides is 9. The maximum Gasteiger partial charge on any atom is 0.417 e. The van der Waals surface area contributed by atoms with Crippen LogP contribution in [0.2, 0.25) is 0 Å². The summed E-state index contributed by atoms with van der Waals surface area (Å²) in [6, 6.07) is 12.1. The highest BCUT2D eigenvalue weighted by Gasteiger charge is 2.40. The summed E-state index contributed by atoms with van der Waals surface area (Å²) in [7, 11) is 0. The first kappa shape index (κ1) is 36.0. The van der Waals surface area contributed by atoms with Crippen LogP contribution in [0.1, 0.15) is 22.3 Å². The molecule has 8 nitrogen and oxygen atoms in total. The second-order valence-corrected chi connectivity index (χ2v) is 11.9. The van der Waals surface area contributed by atoms with Crippen LogP contribution in [0, 0.1) is 42.7 Å². The molecule has 0 aliphatic rings. The van der Waals surface area contributed by atoms with Crippen LogP contribution in [0.25, 0.3) is 87.1 Å². The highest BCUT2D eigenvalue weighted by atomic mass is 19.4. The zero-order chi connectivity index (χ0) is 39.8. The summed E-state index contributed by atoms with van der Waals surface area (Å²) in [6.07, 6.45) is -15.4. The van der Waals surface area contributed by atoms with Gasteiger partial charge in [-0.3, -0.25) is 0 Å². The van der Waals surface area contributed by atoms with Crippen molar-refractivity contribution in [3.05, 3.63) is 117 Å². The lowest BCUT2D eigenvalue weighted by Gasteiger charge is -2.22. The third-order valence-electron chi connectivity index (χ3n) is 8.74. The van der Waals surface area contributed by atoms with Crippen LogP contribution >= 0.6 is 0 Å². The average Bonchev–Trinajstić information content (AvgIpc) is 3.75. The molecule has 0 amide bonds. The minimum atomic E-state index is -5.40. The molecule has 5 aromatic carbocycles. The Kier molecular flexibility index (Phi) is 8.09. The monoisotopic (exact) mass is 756 g/mol. The number of nitrogens with zero attached hydrogens (tertiary/aromatic N) is 6. The van der Waals surface area contributed by atoms with Crippen molar-refractivity contribution in [2.24, 2.45) is 0 Å². The minimum absolute atomic E-state index is 0.0179. The predicted octanol–water partition coefficient (Wildman–Crippen LogP) is 10.1. The van der Waals surface area contributed by atoms with E-state index in [2.05, 4.69) is 19.7 Å².